The molecule has 1 aliphatic heterocycles. The van der Waals surface area contributed by atoms with Gasteiger partial charge in [-0.15, -0.1) is 11.3 Å². The average Bonchev–Trinajstić information content (AvgIpc) is 2.83. The summed E-state index contributed by atoms with van der Waals surface area (Å²) in [5.41, 5.74) is 1.04. The third-order valence-electron chi connectivity index (χ3n) is 3.32. The first kappa shape index (κ1) is 12.9. The van der Waals surface area contributed by atoms with Crippen LogP contribution in [0.2, 0.25) is 0 Å². The van der Waals surface area contributed by atoms with E-state index in [1.165, 1.54) is 0 Å². The van der Waals surface area contributed by atoms with Gasteiger partial charge in [-0.3, -0.25) is 4.79 Å². The Balaban J connectivity index is 1.81. The minimum Gasteiger partial charge on any atom is -0.493 e. The predicted octanol–water partition coefficient (Wildman–Crippen LogP) is 4.19. The number of hydrogen-bond donors (Lipinski definition) is 0. The number of thiophene rings is 1. The smallest absolute Gasteiger partial charge is 0.145 e. The fourth-order valence-corrected chi connectivity index (χ4v) is 3.91. The Hall–Kier alpha value is -1.13. The number of Topliss-reactive ketones (excluding diaryl/α,β-unsaturated/α-hetero) is 1. The molecule has 4 heteroatoms. The molecule has 0 amide bonds. The highest BCUT2D eigenvalue weighted by atomic mass is 79.9. The zero-order valence-electron chi connectivity index (χ0n) is 10.3. The fourth-order valence-electron chi connectivity index (χ4n) is 2.42. The van der Waals surface area contributed by atoms with Crippen molar-refractivity contribution in [3.05, 3.63) is 50.6 Å². The molecule has 0 saturated carbocycles. The number of rotatable bonds is 3. The van der Waals surface area contributed by atoms with E-state index >= 15 is 0 Å². The number of fused-ring (bicyclic) bond motifs is 1. The van der Waals surface area contributed by atoms with Crippen molar-refractivity contribution < 1.29 is 9.53 Å². The van der Waals surface area contributed by atoms with Crippen molar-refractivity contribution in [2.24, 2.45) is 0 Å². The molecule has 0 N–H and O–H groups in total. The van der Waals surface area contributed by atoms with E-state index < -0.39 is 0 Å². The van der Waals surface area contributed by atoms with Crippen LogP contribution < -0.4 is 4.74 Å². The Morgan fingerprint density at radius 2 is 2.16 bits per heavy atom. The van der Waals surface area contributed by atoms with Gasteiger partial charge in [0.15, 0.2) is 0 Å². The van der Waals surface area contributed by atoms with E-state index in [9.17, 15) is 4.79 Å². The minimum absolute atomic E-state index is 0.0224. The lowest BCUT2D eigenvalue weighted by Gasteiger charge is -2.24. The first-order valence-corrected chi connectivity index (χ1v) is 7.83. The number of hydrogen-bond acceptors (Lipinski definition) is 3. The van der Waals surface area contributed by atoms with Crippen molar-refractivity contribution in [2.75, 3.05) is 6.61 Å². The highest BCUT2D eigenvalue weighted by Crippen LogP contribution is 2.35. The molecule has 0 bridgehead atoms. The lowest BCUT2D eigenvalue weighted by Crippen LogP contribution is -2.22. The third kappa shape index (κ3) is 2.74. The molecule has 1 unspecified atom stereocenters. The van der Waals surface area contributed by atoms with E-state index in [1.54, 1.807) is 11.3 Å². The molecule has 1 atom stereocenters. The maximum Gasteiger partial charge on any atom is 0.145 e. The summed E-state index contributed by atoms with van der Waals surface area (Å²) in [4.78, 5) is 13.6. The Labute approximate surface area is 124 Å². The highest BCUT2D eigenvalue weighted by Gasteiger charge is 2.27. The van der Waals surface area contributed by atoms with Gasteiger partial charge in [0.1, 0.15) is 11.5 Å². The Morgan fingerprint density at radius 1 is 1.32 bits per heavy atom. The number of ketones is 1. The van der Waals surface area contributed by atoms with Crippen LogP contribution in [0.25, 0.3) is 0 Å². The van der Waals surface area contributed by atoms with Gasteiger partial charge in [-0.2, -0.15) is 0 Å². The van der Waals surface area contributed by atoms with Crippen LogP contribution in [0.1, 0.15) is 22.8 Å². The van der Waals surface area contributed by atoms with Crippen LogP contribution in [0.4, 0.5) is 0 Å². The molecular formula is C15H13BrO2S. The summed E-state index contributed by atoms with van der Waals surface area (Å²) in [6.07, 6.45) is 1.29. The molecule has 0 saturated heterocycles. The number of ether oxygens (including phenoxy) is 1. The van der Waals surface area contributed by atoms with Crippen LogP contribution in [0.15, 0.2) is 40.2 Å². The lowest BCUT2D eigenvalue weighted by molar-refractivity contribution is -0.120. The van der Waals surface area contributed by atoms with Crippen molar-refractivity contribution in [1.82, 2.24) is 0 Å². The van der Waals surface area contributed by atoms with E-state index in [4.69, 9.17) is 4.74 Å². The van der Waals surface area contributed by atoms with Crippen LogP contribution in [0, 0.1) is 0 Å². The Bertz CT molecular complexity index is 606. The largest absolute Gasteiger partial charge is 0.493 e. The van der Waals surface area contributed by atoms with Crippen LogP contribution in [0.3, 0.4) is 0 Å². The van der Waals surface area contributed by atoms with Crippen LogP contribution in [-0.2, 0) is 11.2 Å². The van der Waals surface area contributed by atoms with Gasteiger partial charge in [0.25, 0.3) is 0 Å². The van der Waals surface area contributed by atoms with Crippen molar-refractivity contribution in [3.63, 3.8) is 0 Å². The topological polar surface area (TPSA) is 26.3 Å². The molecule has 2 heterocycles. The average molecular weight is 337 g/mol. The number of halogens is 1. The summed E-state index contributed by atoms with van der Waals surface area (Å²) in [5, 5.41) is 0. The van der Waals surface area contributed by atoms with Crippen LogP contribution in [-0.4, -0.2) is 12.4 Å². The van der Waals surface area contributed by atoms with Crippen molar-refractivity contribution in [2.45, 2.75) is 18.8 Å². The summed E-state index contributed by atoms with van der Waals surface area (Å²) < 4.78 is 6.67. The second kappa shape index (κ2) is 5.47. The molecule has 0 radical (unpaired) electrons. The maximum absolute atomic E-state index is 12.5. The van der Waals surface area contributed by atoms with Gasteiger partial charge >= 0.3 is 0 Å². The van der Waals surface area contributed by atoms with Crippen molar-refractivity contribution in [3.8, 4) is 5.75 Å². The van der Waals surface area contributed by atoms with Gasteiger partial charge in [0, 0.05) is 22.8 Å². The molecule has 1 aromatic carbocycles. The quantitative estimate of drug-likeness (QED) is 0.840. The predicted molar refractivity (Wildman–Crippen MR) is 80.0 cm³/mol. The van der Waals surface area contributed by atoms with Gasteiger partial charge in [-0.1, -0.05) is 18.2 Å². The molecule has 1 aliphatic rings. The van der Waals surface area contributed by atoms with Crippen molar-refractivity contribution in [1.29, 1.82) is 0 Å². The molecule has 3 rings (SSSR count). The molecule has 0 aliphatic carbocycles. The molecule has 0 fully saturated rings. The highest BCUT2D eigenvalue weighted by molar-refractivity contribution is 9.11. The van der Waals surface area contributed by atoms with E-state index in [0.29, 0.717) is 13.0 Å². The summed E-state index contributed by atoms with van der Waals surface area (Å²) in [7, 11) is 0. The molecule has 2 nitrogen and oxygen atoms in total. The summed E-state index contributed by atoms with van der Waals surface area (Å²) >= 11 is 5.06. The molecule has 1 aromatic heterocycles. The monoisotopic (exact) mass is 336 g/mol. The SMILES string of the molecule is O=C(Cc1ccc(Br)s1)C1CCOc2ccccc21. The van der Waals surface area contributed by atoms with E-state index in [-0.39, 0.29) is 11.7 Å². The van der Waals surface area contributed by atoms with Gasteiger partial charge in [-0.05, 0) is 40.5 Å². The molecule has 19 heavy (non-hydrogen) atoms. The van der Waals surface area contributed by atoms with Gasteiger partial charge in [-0.25, -0.2) is 0 Å². The second-order valence-corrected chi connectivity index (χ2v) is 7.12. The Morgan fingerprint density at radius 3 is 2.95 bits per heavy atom. The Kier molecular flexibility index (Phi) is 3.71. The van der Waals surface area contributed by atoms with Crippen molar-refractivity contribution >= 4 is 33.0 Å². The number of carbonyl (C=O) groups excluding carboxylic acids is 1. The zero-order valence-corrected chi connectivity index (χ0v) is 12.7. The van der Waals surface area contributed by atoms with Gasteiger partial charge in [0.2, 0.25) is 0 Å². The standard InChI is InChI=1S/C15H13BrO2S/c16-15-6-5-10(19-15)9-13(17)11-7-8-18-14-4-2-1-3-12(11)14/h1-6,11H,7-9H2. The molecule has 2 aromatic rings. The maximum atomic E-state index is 12.5. The van der Waals surface area contributed by atoms with Crippen LogP contribution >= 0.6 is 27.3 Å². The summed E-state index contributed by atoms with van der Waals surface area (Å²) in [6, 6.07) is 11.9. The molecular weight excluding hydrogens is 324 g/mol. The van der Waals surface area contributed by atoms with E-state index in [2.05, 4.69) is 15.9 Å². The normalized spacial score (nSPS) is 17.6. The fraction of sp³-hybridized carbons (Fsp3) is 0.267. The molecule has 0 spiro atoms. The molecule has 98 valence electrons. The zero-order chi connectivity index (χ0) is 13.2. The number of carbonyl (C=O) groups is 1. The minimum atomic E-state index is -0.0224. The first-order chi connectivity index (χ1) is 9.24. The summed E-state index contributed by atoms with van der Waals surface area (Å²) in [5.74, 6) is 1.12. The van der Waals surface area contributed by atoms with E-state index in [1.807, 2.05) is 36.4 Å². The summed E-state index contributed by atoms with van der Waals surface area (Å²) in [6.45, 7) is 0.627. The third-order valence-corrected chi connectivity index (χ3v) is 4.95. The van der Waals surface area contributed by atoms with Crippen LogP contribution in [0.5, 0.6) is 5.75 Å². The second-order valence-electron chi connectivity index (χ2n) is 4.58. The lowest BCUT2D eigenvalue weighted by atomic mass is 9.88. The van der Waals surface area contributed by atoms with E-state index in [0.717, 1.165) is 26.4 Å². The first-order valence-electron chi connectivity index (χ1n) is 6.22. The van der Waals surface area contributed by atoms with Gasteiger partial charge in [0.05, 0.1) is 10.4 Å². The number of benzene rings is 1. The number of para-hydroxylation sites is 1. The van der Waals surface area contributed by atoms with Gasteiger partial charge < -0.3 is 4.74 Å².